The van der Waals surface area contributed by atoms with Crippen molar-refractivity contribution in [3.8, 4) is 0 Å². The third-order valence-corrected chi connectivity index (χ3v) is 8.44. The lowest BCUT2D eigenvalue weighted by Crippen LogP contribution is -2.90. The van der Waals surface area contributed by atoms with Crippen LogP contribution >= 0.6 is 0 Å². The van der Waals surface area contributed by atoms with Crippen LogP contribution in [0, 0.1) is 16.2 Å². The van der Waals surface area contributed by atoms with Gasteiger partial charge in [0.25, 0.3) is 0 Å². The average Bonchev–Trinajstić information content (AvgIpc) is 2.63. The van der Waals surface area contributed by atoms with Gasteiger partial charge in [0.1, 0.15) is 0 Å². The van der Waals surface area contributed by atoms with Gasteiger partial charge in [-0.2, -0.15) is 0 Å². The normalized spacial score (nSPS) is 43.4. The Bertz CT molecular complexity index is 935. The molecule has 0 saturated heterocycles. The molecular formula is C24H22. The number of hydrogen-bond donors (Lipinski definition) is 0. The fourth-order valence-electron chi connectivity index (χ4n) is 7.52. The predicted octanol–water partition coefficient (Wildman–Crippen LogP) is 5.77. The van der Waals surface area contributed by atoms with E-state index in [9.17, 15) is 0 Å². The minimum absolute atomic E-state index is 0.180. The van der Waals surface area contributed by atoms with Crippen molar-refractivity contribution in [2.75, 3.05) is 0 Å². The van der Waals surface area contributed by atoms with Gasteiger partial charge in [-0.05, 0) is 36.5 Å². The van der Waals surface area contributed by atoms with Crippen LogP contribution in [-0.4, -0.2) is 0 Å². The van der Waals surface area contributed by atoms with Crippen LogP contribution in [0.25, 0.3) is 5.57 Å². The molecule has 24 heavy (non-hydrogen) atoms. The summed E-state index contributed by atoms with van der Waals surface area (Å²) in [4.78, 5) is 0. The van der Waals surface area contributed by atoms with Gasteiger partial charge in [-0.3, -0.25) is 0 Å². The van der Waals surface area contributed by atoms with Crippen molar-refractivity contribution in [1.29, 1.82) is 0 Å². The summed E-state index contributed by atoms with van der Waals surface area (Å²) >= 11 is 0. The molecule has 0 aliphatic heterocycles. The molecule has 0 radical (unpaired) electrons. The first-order valence-corrected chi connectivity index (χ1v) is 9.19. The van der Waals surface area contributed by atoms with Gasteiger partial charge in [-0.25, -0.2) is 0 Å². The molecule has 118 valence electrons. The second-order valence-corrected chi connectivity index (χ2v) is 8.38. The molecule has 0 heteroatoms. The molecule has 4 atom stereocenters. The molecule has 2 aromatic carbocycles. The zero-order valence-corrected chi connectivity index (χ0v) is 14.3. The van der Waals surface area contributed by atoms with E-state index < -0.39 is 0 Å². The van der Waals surface area contributed by atoms with Crippen molar-refractivity contribution in [3.05, 3.63) is 89.5 Å². The van der Waals surface area contributed by atoms with E-state index in [1.54, 1.807) is 11.1 Å². The summed E-state index contributed by atoms with van der Waals surface area (Å²) in [6, 6.07) is 22.4. The molecule has 6 rings (SSSR count). The molecular weight excluding hydrogens is 288 g/mol. The summed E-state index contributed by atoms with van der Waals surface area (Å²) < 4.78 is 0. The Morgan fingerprint density at radius 2 is 1.33 bits per heavy atom. The molecule has 2 fully saturated rings. The Hall–Kier alpha value is -2.08. The van der Waals surface area contributed by atoms with Crippen LogP contribution in [0.2, 0.25) is 0 Å². The van der Waals surface area contributed by atoms with Crippen molar-refractivity contribution in [1.82, 2.24) is 0 Å². The van der Waals surface area contributed by atoms with Crippen LogP contribution < -0.4 is 0 Å². The molecule has 4 aliphatic carbocycles. The topological polar surface area (TPSA) is 0 Å². The summed E-state index contributed by atoms with van der Waals surface area (Å²) in [5.74, 6) is 0. The maximum atomic E-state index is 2.56. The molecule has 0 heterocycles. The summed E-state index contributed by atoms with van der Waals surface area (Å²) in [5.41, 5.74) is 7.47. The SMILES string of the molecule is CC1=C(c2ccccc2)C2(c3ccccc3)C34C=CC3(CC4)C12C. The van der Waals surface area contributed by atoms with Crippen molar-refractivity contribution in [3.63, 3.8) is 0 Å². The van der Waals surface area contributed by atoms with Crippen LogP contribution in [0.1, 0.15) is 37.8 Å². The number of benzene rings is 2. The number of fused-ring (bicyclic) bond motifs is 1. The lowest BCUT2D eigenvalue weighted by atomic mass is 9.07. The fourth-order valence-corrected chi connectivity index (χ4v) is 7.52. The fraction of sp³-hybridized carbons (Fsp3) is 0.333. The second kappa shape index (κ2) is 3.61. The van der Waals surface area contributed by atoms with Crippen LogP contribution in [-0.2, 0) is 5.41 Å². The van der Waals surface area contributed by atoms with Gasteiger partial charge in [0.2, 0.25) is 0 Å². The zero-order valence-electron chi connectivity index (χ0n) is 14.3. The molecule has 0 amide bonds. The van der Waals surface area contributed by atoms with E-state index in [-0.39, 0.29) is 5.41 Å². The van der Waals surface area contributed by atoms with Gasteiger partial charge >= 0.3 is 0 Å². The van der Waals surface area contributed by atoms with Crippen molar-refractivity contribution in [2.24, 2.45) is 16.2 Å². The summed E-state index contributed by atoms with van der Waals surface area (Å²) in [7, 11) is 0. The molecule has 2 saturated carbocycles. The second-order valence-electron chi connectivity index (χ2n) is 8.38. The largest absolute Gasteiger partial charge is 0.0798 e. The lowest BCUT2D eigenvalue weighted by molar-refractivity contribution is -0.302. The molecule has 0 aromatic heterocycles. The molecule has 0 N–H and O–H groups in total. The maximum absolute atomic E-state index is 2.56. The first kappa shape index (κ1) is 13.2. The molecule has 2 aromatic rings. The Balaban J connectivity index is 1.70. The standard InChI is InChI=1S/C24H22/c1-17-20(18-9-5-3-6-10-18)24(19-11-7-4-8-12-19)21(17,2)22-13-15-23(22,24)16-14-22/h3-13,15H,14,16H2,1-2H3. The number of rotatable bonds is 2. The van der Waals surface area contributed by atoms with E-state index in [1.807, 2.05) is 0 Å². The van der Waals surface area contributed by atoms with Gasteiger partial charge in [0.15, 0.2) is 0 Å². The van der Waals surface area contributed by atoms with E-state index in [2.05, 4.69) is 86.7 Å². The quantitative estimate of drug-likeness (QED) is 0.618. The van der Waals surface area contributed by atoms with Gasteiger partial charge in [-0.1, -0.05) is 85.3 Å². The van der Waals surface area contributed by atoms with Crippen molar-refractivity contribution < 1.29 is 0 Å². The molecule has 0 bridgehead atoms. The summed E-state index contributed by atoms with van der Waals surface area (Å²) in [6.45, 7) is 4.94. The van der Waals surface area contributed by atoms with E-state index in [4.69, 9.17) is 0 Å². The lowest BCUT2D eigenvalue weighted by Gasteiger charge is -2.94. The van der Waals surface area contributed by atoms with E-state index in [1.165, 1.54) is 24.0 Å². The van der Waals surface area contributed by atoms with Crippen LogP contribution in [0.15, 0.2) is 78.4 Å². The monoisotopic (exact) mass is 310 g/mol. The van der Waals surface area contributed by atoms with Crippen LogP contribution in [0.5, 0.6) is 0 Å². The third kappa shape index (κ3) is 0.882. The van der Waals surface area contributed by atoms with Crippen molar-refractivity contribution in [2.45, 2.75) is 32.1 Å². The summed E-state index contributed by atoms with van der Waals surface area (Å²) in [6.07, 6.45) is 7.81. The van der Waals surface area contributed by atoms with Gasteiger partial charge in [-0.15, -0.1) is 0 Å². The smallest absolute Gasteiger partial charge is 0.0407 e. The molecule has 4 unspecified atom stereocenters. The Kier molecular flexibility index (Phi) is 1.99. The highest BCUT2D eigenvalue weighted by molar-refractivity contribution is 5.95. The highest BCUT2D eigenvalue weighted by atomic mass is 15.0. The first-order valence-electron chi connectivity index (χ1n) is 9.19. The highest BCUT2D eigenvalue weighted by Gasteiger charge is 2.94. The van der Waals surface area contributed by atoms with E-state index in [0.717, 1.165) is 0 Å². The molecule has 0 spiro atoms. The predicted molar refractivity (Wildman–Crippen MR) is 98.5 cm³/mol. The average molecular weight is 310 g/mol. The van der Waals surface area contributed by atoms with Crippen molar-refractivity contribution >= 4 is 5.57 Å². The van der Waals surface area contributed by atoms with Gasteiger partial charge in [0.05, 0.1) is 0 Å². The minimum Gasteiger partial charge on any atom is -0.0798 e. The molecule has 4 aliphatic rings. The Labute approximate surface area is 143 Å². The first-order chi connectivity index (χ1) is 11.7. The Morgan fingerprint density at radius 3 is 1.88 bits per heavy atom. The van der Waals surface area contributed by atoms with E-state index >= 15 is 0 Å². The van der Waals surface area contributed by atoms with E-state index in [0.29, 0.717) is 16.2 Å². The van der Waals surface area contributed by atoms with Gasteiger partial charge in [0, 0.05) is 21.7 Å². The van der Waals surface area contributed by atoms with Gasteiger partial charge < -0.3 is 0 Å². The third-order valence-electron chi connectivity index (χ3n) is 8.44. The van der Waals surface area contributed by atoms with Crippen LogP contribution in [0.3, 0.4) is 0 Å². The molecule has 0 nitrogen and oxygen atoms in total. The number of allylic oxidation sites excluding steroid dienone is 4. The zero-order chi connectivity index (χ0) is 16.2. The number of hydrogen-bond acceptors (Lipinski definition) is 0. The van der Waals surface area contributed by atoms with Crippen LogP contribution in [0.4, 0.5) is 0 Å². The highest BCUT2D eigenvalue weighted by Crippen LogP contribution is 2.99. The maximum Gasteiger partial charge on any atom is 0.0407 e. The summed E-state index contributed by atoms with van der Waals surface area (Å²) in [5, 5.41) is 0. The Morgan fingerprint density at radius 1 is 0.750 bits per heavy atom. The minimum atomic E-state index is 0.180.